The maximum atomic E-state index is 6.08. The van der Waals surface area contributed by atoms with Crippen molar-refractivity contribution >= 4 is 27.5 Å². The predicted molar refractivity (Wildman–Crippen MR) is 85.3 cm³/mol. The molecule has 1 aromatic carbocycles. The zero-order valence-corrected chi connectivity index (χ0v) is 14.0. The van der Waals surface area contributed by atoms with Crippen molar-refractivity contribution in [2.24, 2.45) is 0 Å². The molecule has 3 rings (SSSR count). The molecule has 5 heteroatoms. The Morgan fingerprint density at radius 2 is 2.25 bits per heavy atom. The predicted octanol–water partition coefficient (Wildman–Crippen LogP) is 3.23. The van der Waals surface area contributed by atoms with Crippen molar-refractivity contribution in [2.45, 2.75) is 31.0 Å². The van der Waals surface area contributed by atoms with Crippen molar-refractivity contribution in [1.82, 2.24) is 10.2 Å². The van der Waals surface area contributed by atoms with Gasteiger partial charge in [-0.1, -0.05) is 33.6 Å². The molecule has 20 heavy (non-hydrogen) atoms. The molecule has 1 aliphatic carbocycles. The van der Waals surface area contributed by atoms with Crippen LogP contribution in [0.25, 0.3) is 0 Å². The summed E-state index contributed by atoms with van der Waals surface area (Å²) in [7, 11) is 1.98. The second-order valence-electron chi connectivity index (χ2n) is 5.55. The van der Waals surface area contributed by atoms with E-state index in [1.807, 2.05) is 19.2 Å². The Kier molecular flexibility index (Phi) is 4.68. The molecule has 0 aromatic heterocycles. The van der Waals surface area contributed by atoms with E-state index >= 15 is 0 Å². The quantitative estimate of drug-likeness (QED) is 0.893. The lowest BCUT2D eigenvalue weighted by molar-refractivity contribution is -0.0742. The molecule has 0 radical (unpaired) electrons. The molecule has 1 saturated carbocycles. The first kappa shape index (κ1) is 14.8. The minimum absolute atomic E-state index is 0.187. The van der Waals surface area contributed by atoms with Gasteiger partial charge < -0.3 is 10.1 Å². The molecule has 0 spiro atoms. The summed E-state index contributed by atoms with van der Waals surface area (Å²) in [5, 5.41) is 4.02. The van der Waals surface area contributed by atoms with E-state index in [2.05, 4.69) is 32.2 Å². The number of rotatable bonds is 4. The van der Waals surface area contributed by atoms with Crippen LogP contribution in [0.4, 0.5) is 0 Å². The number of likely N-dealkylation sites (N-methyl/N-ethyl adjacent to an activating group) is 1. The van der Waals surface area contributed by atoms with Gasteiger partial charge in [0.2, 0.25) is 0 Å². The third-order valence-corrected chi connectivity index (χ3v) is 5.02. The summed E-state index contributed by atoms with van der Waals surface area (Å²) < 4.78 is 7.10. The van der Waals surface area contributed by atoms with Crippen LogP contribution in [0.1, 0.15) is 24.4 Å². The smallest absolute Gasteiger partial charge is 0.0896 e. The van der Waals surface area contributed by atoms with Crippen LogP contribution in [0.3, 0.4) is 0 Å². The zero-order chi connectivity index (χ0) is 14.1. The highest BCUT2D eigenvalue weighted by atomic mass is 79.9. The highest BCUT2D eigenvalue weighted by Crippen LogP contribution is 2.41. The van der Waals surface area contributed by atoms with Crippen molar-refractivity contribution in [3.05, 3.63) is 33.3 Å². The van der Waals surface area contributed by atoms with E-state index in [0.717, 1.165) is 35.2 Å². The monoisotopic (exact) mass is 358 g/mol. The number of nitrogens with zero attached hydrogens (tertiary/aromatic N) is 1. The van der Waals surface area contributed by atoms with Crippen LogP contribution in [-0.2, 0) is 4.74 Å². The number of morpholine rings is 1. The number of hydrogen-bond acceptors (Lipinski definition) is 3. The Hall–Kier alpha value is -0.130. The second kappa shape index (κ2) is 6.32. The lowest BCUT2D eigenvalue weighted by atomic mass is 9.97. The third kappa shape index (κ3) is 3.04. The highest BCUT2D eigenvalue weighted by Gasteiger charge is 2.41. The van der Waals surface area contributed by atoms with E-state index in [1.54, 1.807) is 0 Å². The molecule has 1 heterocycles. The number of ether oxygens (including phenoxy) is 1. The average Bonchev–Trinajstić information content (AvgIpc) is 3.24. The lowest BCUT2D eigenvalue weighted by Gasteiger charge is -2.42. The molecule has 0 bridgehead atoms. The summed E-state index contributed by atoms with van der Waals surface area (Å²) in [5.41, 5.74) is 1.28. The van der Waals surface area contributed by atoms with Gasteiger partial charge in [-0.05, 0) is 37.6 Å². The van der Waals surface area contributed by atoms with Gasteiger partial charge in [0.15, 0.2) is 0 Å². The summed E-state index contributed by atoms with van der Waals surface area (Å²) in [6.07, 6.45) is 2.81. The third-order valence-electron chi connectivity index (χ3n) is 4.09. The van der Waals surface area contributed by atoms with Crippen LogP contribution in [0.5, 0.6) is 0 Å². The molecule has 2 atom stereocenters. The molecule has 1 N–H and O–H groups in total. The van der Waals surface area contributed by atoms with Crippen molar-refractivity contribution in [3.63, 3.8) is 0 Å². The fraction of sp³-hybridized carbons (Fsp3) is 0.600. The van der Waals surface area contributed by atoms with Gasteiger partial charge in [-0.3, -0.25) is 4.90 Å². The fourth-order valence-electron chi connectivity index (χ4n) is 3.06. The molecule has 2 unspecified atom stereocenters. The van der Waals surface area contributed by atoms with Gasteiger partial charge in [-0.15, -0.1) is 0 Å². The summed E-state index contributed by atoms with van der Waals surface area (Å²) in [5.74, 6) is 0. The molecule has 1 aromatic rings. The fourth-order valence-corrected chi connectivity index (χ4v) is 3.98. The van der Waals surface area contributed by atoms with Crippen LogP contribution in [0.15, 0.2) is 22.7 Å². The Labute approximate surface area is 133 Å². The van der Waals surface area contributed by atoms with E-state index in [0.29, 0.717) is 6.04 Å². The first-order valence-electron chi connectivity index (χ1n) is 7.17. The van der Waals surface area contributed by atoms with E-state index in [1.165, 1.54) is 18.4 Å². The summed E-state index contributed by atoms with van der Waals surface area (Å²) in [4.78, 5) is 2.61. The van der Waals surface area contributed by atoms with Gasteiger partial charge in [0.1, 0.15) is 0 Å². The Morgan fingerprint density at radius 1 is 1.45 bits per heavy atom. The van der Waals surface area contributed by atoms with Gasteiger partial charge in [0, 0.05) is 28.6 Å². The maximum Gasteiger partial charge on any atom is 0.0896 e. The van der Waals surface area contributed by atoms with Crippen molar-refractivity contribution < 1.29 is 4.74 Å². The topological polar surface area (TPSA) is 24.5 Å². The van der Waals surface area contributed by atoms with E-state index in [-0.39, 0.29) is 6.10 Å². The Morgan fingerprint density at radius 3 is 2.90 bits per heavy atom. The van der Waals surface area contributed by atoms with Gasteiger partial charge in [-0.25, -0.2) is 0 Å². The SMILES string of the molecule is CNCC1OCCN(C2CC2)C1c1ccc(Cl)cc1Br. The van der Waals surface area contributed by atoms with Gasteiger partial charge >= 0.3 is 0 Å². The average molecular weight is 360 g/mol. The minimum Gasteiger partial charge on any atom is -0.374 e. The van der Waals surface area contributed by atoms with Crippen LogP contribution >= 0.6 is 27.5 Å². The van der Waals surface area contributed by atoms with Crippen molar-refractivity contribution in [1.29, 1.82) is 0 Å². The van der Waals surface area contributed by atoms with Gasteiger partial charge in [0.05, 0.1) is 18.8 Å². The van der Waals surface area contributed by atoms with Crippen LogP contribution in [-0.4, -0.2) is 43.8 Å². The Bertz CT molecular complexity index is 479. The molecule has 2 fully saturated rings. The first-order valence-corrected chi connectivity index (χ1v) is 8.34. The molecule has 1 aliphatic heterocycles. The molecule has 2 aliphatic rings. The molecular weight excluding hydrogens is 340 g/mol. The summed E-state index contributed by atoms with van der Waals surface area (Å²) >= 11 is 9.75. The van der Waals surface area contributed by atoms with Crippen molar-refractivity contribution in [3.8, 4) is 0 Å². The molecular formula is C15H20BrClN2O. The highest BCUT2D eigenvalue weighted by molar-refractivity contribution is 9.10. The van der Waals surface area contributed by atoms with E-state index in [4.69, 9.17) is 16.3 Å². The number of halogens is 2. The van der Waals surface area contributed by atoms with Crippen LogP contribution in [0, 0.1) is 0 Å². The molecule has 110 valence electrons. The second-order valence-corrected chi connectivity index (χ2v) is 6.84. The number of hydrogen-bond donors (Lipinski definition) is 1. The standard InChI is InChI=1S/C15H20BrClN2O/c1-18-9-14-15(12-5-2-10(17)8-13(12)16)19(6-7-20-14)11-3-4-11/h2,5,8,11,14-15,18H,3-4,6-7,9H2,1H3. The Balaban J connectivity index is 1.93. The minimum atomic E-state index is 0.187. The molecule has 0 amide bonds. The lowest BCUT2D eigenvalue weighted by Crippen LogP contribution is -2.49. The number of nitrogens with one attached hydrogen (secondary N) is 1. The van der Waals surface area contributed by atoms with Gasteiger partial charge in [-0.2, -0.15) is 0 Å². The summed E-state index contributed by atoms with van der Waals surface area (Å²) in [6.45, 7) is 2.71. The van der Waals surface area contributed by atoms with E-state index < -0.39 is 0 Å². The van der Waals surface area contributed by atoms with Crippen LogP contribution < -0.4 is 5.32 Å². The van der Waals surface area contributed by atoms with Crippen LogP contribution in [0.2, 0.25) is 5.02 Å². The van der Waals surface area contributed by atoms with E-state index in [9.17, 15) is 0 Å². The maximum absolute atomic E-state index is 6.08. The van der Waals surface area contributed by atoms with Gasteiger partial charge in [0.25, 0.3) is 0 Å². The number of benzene rings is 1. The molecule has 1 saturated heterocycles. The molecule has 3 nitrogen and oxygen atoms in total. The summed E-state index contributed by atoms with van der Waals surface area (Å²) in [6, 6.07) is 7.11. The largest absolute Gasteiger partial charge is 0.374 e. The first-order chi connectivity index (χ1) is 9.70. The van der Waals surface area contributed by atoms with Crippen molar-refractivity contribution in [2.75, 3.05) is 26.7 Å². The normalized spacial score (nSPS) is 27.8. The zero-order valence-electron chi connectivity index (χ0n) is 11.6.